The predicted octanol–water partition coefficient (Wildman–Crippen LogP) is 4.72. The summed E-state index contributed by atoms with van der Waals surface area (Å²) in [7, 11) is 0. The van der Waals surface area contributed by atoms with Crippen molar-refractivity contribution in [1.29, 1.82) is 0 Å². The lowest BCUT2D eigenvalue weighted by Crippen LogP contribution is -2.16. The van der Waals surface area contributed by atoms with E-state index in [2.05, 4.69) is 26.3 Å². The summed E-state index contributed by atoms with van der Waals surface area (Å²) in [6, 6.07) is 2.68. The van der Waals surface area contributed by atoms with Gasteiger partial charge < -0.3 is 0 Å². The summed E-state index contributed by atoms with van der Waals surface area (Å²) in [5.74, 6) is -1.38. The first-order chi connectivity index (χ1) is 12.4. The van der Waals surface area contributed by atoms with Crippen molar-refractivity contribution in [3.8, 4) is 0 Å². The van der Waals surface area contributed by atoms with Crippen LogP contribution in [0, 0.1) is 0 Å². The molecule has 4 nitrogen and oxygen atoms in total. The molecule has 0 saturated heterocycles. The second-order valence-electron chi connectivity index (χ2n) is 5.61. The second-order valence-corrected chi connectivity index (χ2v) is 5.61. The van der Waals surface area contributed by atoms with Gasteiger partial charge in [0.2, 0.25) is 0 Å². The maximum Gasteiger partial charge on any atom is 0.167 e. The van der Waals surface area contributed by atoms with Gasteiger partial charge in [0.15, 0.2) is 23.1 Å². The Morgan fingerprint density at radius 2 is 0.731 bits per heavy atom. The van der Waals surface area contributed by atoms with Crippen LogP contribution in [0.4, 0.5) is 0 Å². The molecular weight excluding hydrogens is 328 g/mol. The smallest absolute Gasteiger partial charge is 0.167 e. The number of hydrogen-bond acceptors (Lipinski definition) is 4. The quantitative estimate of drug-likeness (QED) is 0.404. The zero-order valence-electron chi connectivity index (χ0n) is 14.8. The molecule has 0 fully saturated rings. The monoisotopic (exact) mass is 350 g/mol. The Hall–Kier alpha value is -3.14. The minimum Gasteiger partial charge on any atom is -0.294 e. The fourth-order valence-corrected chi connectivity index (χ4v) is 2.49. The van der Waals surface area contributed by atoms with Crippen molar-refractivity contribution in [1.82, 2.24) is 0 Å². The van der Waals surface area contributed by atoms with E-state index in [-0.39, 0.29) is 71.1 Å². The molecule has 0 aliphatic carbocycles. The summed E-state index contributed by atoms with van der Waals surface area (Å²) in [4.78, 5) is 49.7. The Morgan fingerprint density at radius 1 is 0.538 bits per heavy atom. The number of carbonyl (C=O) groups is 4. The summed E-state index contributed by atoms with van der Waals surface area (Å²) in [6.45, 7) is 14.1. The maximum absolute atomic E-state index is 12.4. The van der Waals surface area contributed by atoms with Crippen molar-refractivity contribution in [3.05, 3.63) is 85.0 Å². The van der Waals surface area contributed by atoms with E-state index in [1.807, 2.05) is 0 Å². The first-order valence-electron chi connectivity index (χ1n) is 8.15. The van der Waals surface area contributed by atoms with Gasteiger partial charge in [0.05, 0.1) is 0 Å². The molecule has 0 amide bonds. The van der Waals surface area contributed by atoms with Gasteiger partial charge in [-0.3, -0.25) is 19.2 Å². The molecular formula is C22H22O4. The highest BCUT2D eigenvalue weighted by molar-refractivity contribution is 6.16. The van der Waals surface area contributed by atoms with Gasteiger partial charge in [-0.15, -0.1) is 26.3 Å². The van der Waals surface area contributed by atoms with Crippen molar-refractivity contribution in [3.63, 3.8) is 0 Å². The summed E-state index contributed by atoms with van der Waals surface area (Å²) in [5.41, 5.74) is 0.442. The minimum absolute atomic E-state index is 0.0173. The molecule has 0 spiro atoms. The van der Waals surface area contributed by atoms with E-state index in [1.165, 1.54) is 36.4 Å². The molecule has 0 atom stereocenters. The maximum atomic E-state index is 12.4. The van der Waals surface area contributed by atoms with Gasteiger partial charge in [-0.1, -0.05) is 24.3 Å². The van der Waals surface area contributed by atoms with Gasteiger partial charge in [-0.2, -0.15) is 0 Å². The van der Waals surface area contributed by atoms with E-state index in [0.717, 1.165) is 0 Å². The number of carbonyl (C=O) groups excluding carboxylic acids is 4. The molecule has 134 valence electrons. The molecule has 0 unspecified atom stereocenters. The topological polar surface area (TPSA) is 68.3 Å². The Morgan fingerprint density at radius 3 is 0.885 bits per heavy atom. The van der Waals surface area contributed by atoms with Crippen molar-refractivity contribution in [2.75, 3.05) is 0 Å². The van der Waals surface area contributed by atoms with Crippen LogP contribution in [-0.4, -0.2) is 23.1 Å². The third-order valence-corrected chi connectivity index (χ3v) is 3.68. The molecule has 0 N–H and O–H groups in total. The van der Waals surface area contributed by atoms with E-state index >= 15 is 0 Å². The predicted molar refractivity (Wildman–Crippen MR) is 103 cm³/mol. The minimum atomic E-state index is -0.345. The highest BCUT2D eigenvalue weighted by Gasteiger charge is 2.24. The Balaban J connectivity index is 3.73. The number of Topliss-reactive ketones (excluding diaryl/α,β-unsaturated/α-hetero) is 4. The molecule has 0 heterocycles. The highest BCUT2D eigenvalue weighted by atomic mass is 16.1. The van der Waals surface area contributed by atoms with Crippen LogP contribution in [0.2, 0.25) is 0 Å². The molecule has 0 saturated carbocycles. The third kappa shape index (κ3) is 4.93. The van der Waals surface area contributed by atoms with E-state index in [4.69, 9.17) is 0 Å². The third-order valence-electron chi connectivity index (χ3n) is 3.68. The van der Waals surface area contributed by atoms with Crippen LogP contribution in [-0.2, 0) is 0 Å². The van der Waals surface area contributed by atoms with E-state index in [9.17, 15) is 19.2 Å². The molecule has 4 heteroatoms. The number of allylic oxidation sites excluding steroid dienone is 4. The molecule has 26 heavy (non-hydrogen) atoms. The van der Waals surface area contributed by atoms with Crippen LogP contribution in [0.3, 0.4) is 0 Å². The Bertz CT molecular complexity index is 666. The zero-order chi connectivity index (χ0) is 19.7. The van der Waals surface area contributed by atoms with Crippen LogP contribution >= 0.6 is 0 Å². The van der Waals surface area contributed by atoms with E-state index < -0.39 is 0 Å². The lowest BCUT2D eigenvalue weighted by Gasteiger charge is -2.13. The van der Waals surface area contributed by atoms with Crippen molar-refractivity contribution >= 4 is 23.1 Å². The van der Waals surface area contributed by atoms with Gasteiger partial charge in [0, 0.05) is 47.9 Å². The number of hydrogen-bond donors (Lipinski definition) is 0. The first-order valence-corrected chi connectivity index (χ1v) is 8.15. The van der Waals surface area contributed by atoms with Crippen molar-refractivity contribution in [2.45, 2.75) is 25.7 Å². The standard InChI is InChI=1S/C22H22O4/c1-5-9-19(23)15-13-17(21(25)11-7-3)18(22(26)12-8-4)14-16(15)20(24)10-6-2/h5-8,13-14H,1-4,9-12H2. The average molecular weight is 350 g/mol. The summed E-state index contributed by atoms with van der Waals surface area (Å²) in [5, 5.41) is 0. The SMILES string of the molecule is C=CCC(=O)c1cc(C(=O)CC=C)c(C(=O)CC=C)cc1C(=O)CC=C. The zero-order valence-corrected chi connectivity index (χ0v) is 14.8. The molecule has 0 radical (unpaired) electrons. The van der Waals surface area contributed by atoms with Gasteiger partial charge in [-0.05, 0) is 12.1 Å². The van der Waals surface area contributed by atoms with Crippen LogP contribution in [0.15, 0.2) is 62.8 Å². The van der Waals surface area contributed by atoms with Gasteiger partial charge in [0.25, 0.3) is 0 Å². The van der Waals surface area contributed by atoms with Crippen LogP contribution in [0.25, 0.3) is 0 Å². The molecule has 0 aliphatic heterocycles. The first kappa shape index (κ1) is 20.9. The molecule has 0 bridgehead atoms. The molecule has 1 rings (SSSR count). The second kappa shape index (κ2) is 9.99. The molecule has 1 aromatic rings. The lowest BCUT2D eigenvalue weighted by molar-refractivity contribution is 0.0952. The Kier molecular flexibility index (Phi) is 8.03. The van der Waals surface area contributed by atoms with Gasteiger partial charge in [-0.25, -0.2) is 0 Å². The van der Waals surface area contributed by atoms with Crippen molar-refractivity contribution in [2.24, 2.45) is 0 Å². The summed E-state index contributed by atoms with van der Waals surface area (Å²) in [6.07, 6.45) is 5.76. The molecule has 0 aliphatic rings. The van der Waals surface area contributed by atoms with Gasteiger partial charge >= 0.3 is 0 Å². The number of ketones is 4. The van der Waals surface area contributed by atoms with Crippen molar-refractivity contribution < 1.29 is 19.2 Å². The molecule has 0 aromatic heterocycles. The van der Waals surface area contributed by atoms with Crippen LogP contribution in [0.1, 0.15) is 67.1 Å². The lowest BCUT2D eigenvalue weighted by atomic mass is 9.88. The fraction of sp³-hybridized carbons (Fsp3) is 0.182. The van der Waals surface area contributed by atoms with Gasteiger partial charge in [0.1, 0.15) is 0 Å². The van der Waals surface area contributed by atoms with Crippen LogP contribution in [0.5, 0.6) is 0 Å². The average Bonchev–Trinajstić information content (AvgIpc) is 2.61. The van der Waals surface area contributed by atoms with E-state index in [1.54, 1.807) is 0 Å². The van der Waals surface area contributed by atoms with Crippen LogP contribution < -0.4 is 0 Å². The summed E-state index contributed by atoms with van der Waals surface area (Å²) < 4.78 is 0. The van der Waals surface area contributed by atoms with E-state index in [0.29, 0.717) is 0 Å². The molecule has 1 aromatic carbocycles. The highest BCUT2D eigenvalue weighted by Crippen LogP contribution is 2.24. The Labute approximate surface area is 153 Å². The largest absolute Gasteiger partial charge is 0.294 e. The summed E-state index contributed by atoms with van der Waals surface area (Å²) >= 11 is 0. The fourth-order valence-electron chi connectivity index (χ4n) is 2.49. The number of benzene rings is 1. The normalized spacial score (nSPS) is 9.85. The number of rotatable bonds is 12.